The molecule has 2 saturated heterocycles. The summed E-state index contributed by atoms with van der Waals surface area (Å²) < 4.78 is 77.0. The van der Waals surface area contributed by atoms with E-state index in [1.54, 1.807) is 4.90 Å². The molecule has 2 aromatic rings. The first-order valence-electron chi connectivity index (χ1n) is 10.4. The first-order chi connectivity index (χ1) is 15.2. The number of morpholine rings is 1. The summed E-state index contributed by atoms with van der Waals surface area (Å²) in [4.78, 5) is 19.5. The Morgan fingerprint density at radius 3 is 2.47 bits per heavy atom. The van der Waals surface area contributed by atoms with E-state index >= 15 is 0 Å². The zero-order valence-corrected chi connectivity index (χ0v) is 16.8. The third kappa shape index (κ3) is 3.61. The van der Waals surface area contributed by atoms with Crippen molar-refractivity contribution >= 4 is 11.8 Å². The number of anilines is 2. The molecule has 1 N–H and O–H groups in total. The average Bonchev–Trinajstić information content (AvgIpc) is 3.36. The lowest BCUT2D eigenvalue weighted by atomic mass is 10.0. The van der Waals surface area contributed by atoms with E-state index in [1.807, 2.05) is 0 Å². The molecule has 0 saturated carbocycles. The normalized spacial score (nSPS) is 26.5. The molecule has 0 amide bonds. The number of aromatic nitrogens is 4. The van der Waals surface area contributed by atoms with E-state index in [0.717, 1.165) is 17.4 Å². The lowest BCUT2D eigenvalue weighted by molar-refractivity contribution is -0.156. The van der Waals surface area contributed by atoms with Crippen LogP contribution in [-0.4, -0.2) is 63.7 Å². The number of nitrogens with one attached hydrogen (secondary N) is 1. The Morgan fingerprint density at radius 2 is 1.88 bits per heavy atom. The standard InChI is InChI=1S/C19H21F5N6O2/c20-17(21)16(12-3-5-25-27-12)30-13(19(22,23)24)4-6-29-15(31)7-14(26-18(29)30)28-8-10-1-2-11(9-28)32-10/h3,5,7,10-11,13,16-17H,1-2,4,6,8-9H2,(H,25,27)/t10?,11?,13-,16?/m0/s1. The number of rotatable bonds is 4. The summed E-state index contributed by atoms with van der Waals surface area (Å²) in [6.45, 7) is 0.604. The predicted molar refractivity (Wildman–Crippen MR) is 103 cm³/mol. The molecule has 0 radical (unpaired) electrons. The summed E-state index contributed by atoms with van der Waals surface area (Å²) in [5.41, 5.74) is -0.837. The van der Waals surface area contributed by atoms with Crippen LogP contribution in [0.3, 0.4) is 0 Å². The molecule has 8 nitrogen and oxygen atoms in total. The van der Waals surface area contributed by atoms with Crippen molar-refractivity contribution in [3.05, 3.63) is 34.4 Å². The fourth-order valence-electron chi connectivity index (χ4n) is 4.85. The molecule has 3 aliphatic rings. The Morgan fingerprint density at radius 1 is 1.16 bits per heavy atom. The van der Waals surface area contributed by atoms with Gasteiger partial charge in [-0.25, -0.2) is 8.78 Å². The van der Waals surface area contributed by atoms with E-state index in [2.05, 4.69) is 15.2 Å². The summed E-state index contributed by atoms with van der Waals surface area (Å²) in [5, 5.41) is 6.08. The van der Waals surface area contributed by atoms with Crippen LogP contribution in [0.2, 0.25) is 0 Å². The summed E-state index contributed by atoms with van der Waals surface area (Å²) in [6.07, 6.45) is -5.70. The van der Waals surface area contributed by atoms with Crippen LogP contribution in [0.1, 0.15) is 31.0 Å². The molecule has 174 valence electrons. The Hall–Kier alpha value is -2.70. The molecule has 5 rings (SSSR count). The molecule has 3 aliphatic heterocycles. The second kappa shape index (κ2) is 7.71. The van der Waals surface area contributed by atoms with Gasteiger partial charge in [0.2, 0.25) is 5.95 Å². The third-order valence-corrected chi connectivity index (χ3v) is 6.28. The molecule has 2 fully saturated rings. The van der Waals surface area contributed by atoms with Gasteiger partial charge in [-0.3, -0.25) is 14.5 Å². The molecule has 4 atom stereocenters. The quantitative estimate of drug-likeness (QED) is 0.707. The smallest absolute Gasteiger partial charge is 0.371 e. The Balaban J connectivity index is 1.63. The van der Waals surface area contributed by atoms with Crippen LogP contribution in [0.5, 0.6) is 0 Å². The lowest BCUT2D eigenvalue weighted by Gasteiger charge is -2.43. The zero-order valence-electron chi connectivity index (χ0n) is 16.8. The van der Waals surface area contributed by atoms with Crippen molar-refractivity contribution in [1.29, 1.82) is 0 Å². The fraction of sp³-hybridized carbons (Fsp3) is 0.632. The van der Waals surface area contributed by atoms with Gasteiger partial charge in [0.15, 0.2) is 0 Å². The molecule has 32 heavy (non-hydrogen) atoms. The molecule has 3 unspecified atom stereocenters. The minimum atomic E-state index is -4.81. The van der Waals surface area contributed by atoms with Crippen LogP contribution in [-0.2, 0) is 11.3 Å². The van der Waals surface area contributed by atoms with Gasteiger partial charge in [0.1, 0.15) is 17.9 Å². The highest BCUT2D eigenvalue weighted by Crippen LogP contribution is 2.41. The van der Waals surface area contributed by atoms with Crippen molar-refractivity contribution in [2.24, 2.45) is 0 Å². The zero-order chi connectivity index (χ0) is 22.6. The number of alkyl halides is 5. The van der Waals surface area contributed by atoms with Gasteiger partial charge in [-0.15, -0.1) is 0 Å². The van der Waals surface area contributed by atoms with Crippen molar-refractivity contribution in [2.75, 3.05) is 22.9 Å². The van der Waals surface area contributed by atoms with Crippen LogP contribution in [0.4, 0.5) is 33.7 Å². The highest BCUT2D eigenvalue weighted by Gasteiger charge is 2.51. The molecule has 0 spiro atoms. The average molecular weight is 460 g/mol. The van der Waals surface area contributed by atoms with Crippen molar-refractivity contribution in [1.82, 2.24) is 19.7 Å². The highest BCUT2D eigenvalue weighted by atomic mass is 19.4. The monoisotopic (exact) mass is 460 g/mol. The van der Waals surface area contributed by atoms with E-state index in [1.165, 1.54) is 18.3 Å². The van der Waals surface area contributed by atoms with Gasteiger partial charge in [0.05, 0.1) is 17.9 Å². The maximum absolute atomic E-state index is 14.2. The van der Waals surface area contributed by atoms with Gasteiger partial charge < -0.3 is 14.5 Å². The Bertz CT molecular complexity index is 1010. The van der Waals surface area contributed by atoms with E-state index in [9.17, 15) is 26.7 Å². The molecule has 5 heterocycles. The van der Waals surface area contributed by atoms with E-state index < -0.39 is 42.6 Å². The topological polar surface area (TPSA) is 79.3 Å². The van der Waals surface area contributed by atoms with Gasteiger partial charge >= 0.3 is 6.18 Å². The maximum atomic E-state index is 14.2. The van der Waals surface area contributed by atoms with Crippen LogP contribution >= 0.6 is 0 Å². The van der Waals surface area contributed by atoms with Gasteiger partial charge in [0.25, 0.3) is 12.0 Å². The number of hydrogen-bond acceptors (Lipinski definition) is 6. The van der Waals surface area contributed by atoms with Gasteiger partial charge in [-0.1, -0.05) is 0 Å². The van der Waals surface area contributed by atoms with Crippen molar-refractivity contribution in [3.63, 3.8) is 0 Å². The Kier molecular flexibility index (Phi) is 5.10. The first kappa shape index (κ1) is 21.2. The van der Waals surface area contributed by atoms with Gasteiger partial charge in [0, 0.05) is 31.9 Å². The lowest BCUT2D eigenvalue weighted by Crippen LogP contribution is -2.55. The molecule has 2 bridgehead atoms. The number of H-pyrrole nitrogens is 1. The SMILES string of the molecule is O=c1cc(N2CC3CCC(C2)O3)nc2n1CC[C@@H](C(F)(F)F)N2C(c1cc[nH]n1)C(F)F. The minimum Gasteiger partial charge on any atom is -0.371 e. The molecule has 13 heteroatoms. The first-order valence-corrected chi connectivity index (χ1v) is 10.4. The number of hydrogen-bond donors (Lipinski definition) is 1. The van der Waals surface area contributed by atoms with Crippen molar-refractivity contribution in [3.8, 4) is 0 Å². The fourth-order valence-corrected chi connectivity index (χ4v) is 4.85. The van der Waals surface area contributed by atoms with E-state index in [0.29, 0.717) is 18.0 Å². The van der Waals surface area contributed by atoms with Gasteiger partial charge in [-0.05, 0) is 25.3 Å². The van der Waals surface area contributed by atoms with Crippen LogP contribution in [0.15, 0.2) is 23.1 Å². The number of halogens is 5. The van der Waals surface area contributed by atoms with Crippen LogP contribution in [0.25, 0.3) is 0 Å². The summed E-state index contributed by atoms with van der Waals surface area (Å²) in [6, 6.07) is -1.81. The molecule has 0 aromatic carbocycles. The van der Waals surface area contributed by atoms with Crippen LogP contribution < -0.4 is 15.4 Å². The van der Waals surface area contributed by atoms with E-state index in [4.69, 9.17) is 4.74 Å². The maximum Gasteiger partial charge on any atom is 0.408 e. The molecular formula is C19H21F5N6O2. The predicted octanol–water partition coefficient (Wildman–Crippen LogP) is 2.48. The van der Waals surface area contributed by atoms with E-state index in [-0.39, 0.29) is 30.3 Å². The minimum absolute atomic E-state index is 0.0498. The highest BCUT2D eigenvalue weighted by molar-refractivity contribution is 5.49. The second-order valence-electron chi connectivity index (χ2n) is 8.30. The van der Waals surface area contributed by atoms with Gasteiger partial charge in [-0.2, -0.15) is 23.3 Å². The number of aromatic amines is 1. The molecule has 0 aliphatic carbocycles. The Labute approximate surface area is 179 Å². The summed E-state index contributed by atoms with van der Waals surface area (Å²) in [5.74, 6) is -0.252. The third-order valence-electron chi connectivity index (χ3n) is 6.28. The number of ether oxygens (including phenoxy) is 1. The van der Waals surface area contributed by atoms with Crippen molar-refractivity contribution < 1.29 is 26.7 Å². The second-order valence-corrected chi connectivity index (χ2v) is 8.30. The van der Waals surface area contributed by atoms with Crippen LogP contribution in [0, 0.1) is 0 Å². The van der Waals surface area contributed by atoms with Crippen molar-refractivity contribution in [2.45, 2.75) is 62.7 Å². The summed E-state index contributed by atoms with van der Waals surface area (Å²) >= 11 is 0. The molecular weight excluding hydrogens is 439 g/mol. The largest absolute Gasteiger partial charge is 0.408 e. The number of fused-ring (bicyclic) bond motifs is 3. The number of nitrogens with zero attached hydrogens (tertiary/aromatic N) is 5. The summed E-state index contributed by atoms with van der Waals surface area (Å²) in [7, 11) is 0. The molecule has 2 aromatic heterocycles.